The highest BCUT2D eigenvalue weighted by molar-refractivity contribution is 6.95. The van der Waals surface area contributed by atoms with Gasteiger partial charge in [0.1, 0.15) is 23.1 Å². The molecular formula is C51H52B2N4O. The predicted octanol–water partition coefficient (Wildman–Crippen LogP) is 9.31. The maximum absolute atomic E-state index is 6.81. The molecule has 5 aliphatic carbocycles. The van der Waals surface area contributed by atoms with Crippen LogP contribution in [0, 0.1) is 5.41 Å². The maximum atomic E-state index is 6.81. The van der Waals surface area contributed by atoms with E-state index in [1.165, 1.54) is 88.1 Å². The zero-order valence-corrected chi connectivity index (χ0v) is 34.3. The van der Waals surface area contributed by atoms with E-state index in [2.05, 4.69) is 145 Å². The van der Waals surface area contributed by atoms with E-state index >= 15 is 0 Å². The summed E-state index contributed by atoms with van der Waals surface area (Å²) >= 11 is 0. The van der Waals surface area contributed by atoms with Crippen LogP contribution in [0.25, 0.3) is 0 Å². The van der Waals surface area contributed by atoms with Crippen LogP contribution in [0.3, 0.4) is 0 Å². The van der Waals surface area contributed by atoms with Crippen molar-refractivity contribution in [2.45, 2.75) is 110 Å². The third-order valence-electron chi connectivity index (χ3n) is 14.7. The summed E-state index contributed by atoms with van der Waals surface area (Å²) in [6.45, 7) is 7.53. The Labute approximate surface area is 345 Å². The summed E-state index contributed by atoms with van der Waals surface area (Å²) in [6.07, 6.45) is 31.5. The number of aromatic nitrogens is 1. The Balaban J connectivity index is 1.17. The number of anilines is 3. The van der Waals surface area contributed by atoms with Gasteiger partial charge in [0.25, 0.3) is 6.71 Å². The Morgan fingerprint density at radius 1 is 0.776 bits per heavy atom. The van der Waals surface area contributed by atoms with E-state index in [4.69, 9.17) is 9.72 Å². The molecule has 288 valence electrons. The monoisotopic (exact) mass is 758 g/mol. The lowest BCUT2D eigenvalue weighted by molar-refractivity contribution is 0.423. The third-order valence-corrected chi connectivity index (χ3v) is 14.7. The molecule has 2 atom stereocenters. The quantitative estimate of drug-likeness (QED) is 0.249. The molecule has 5 nitrogen and oxygen atoms in total. The number of nitrogens with zero attached hydrogens (tertiary/aromatic N) is 4. The number of hydrogen-bond acceptors (Lipinski definition) is 5. The zero-order valence-electron chi connectivity index (χ0n) is 34.3. The number of hydrogen-bond donors (Lipinski definition) is 0. The van der Waals surface area contributed by atoms with Gasteiger partial charge in [-0.1, -0.05) is 124 Å². The summed E-state index contributed by atoms with van der Waals surface area (Å²) in [5, 5.41) is 0. The van der Waals surface area contributed by atoms with Crippen LogP contribution in [0.4, 0.5) is 17.3 Å². The molecule has 3 aromatic rings. The second kappa shape index (κ2) is 13.2. The standard InChI is InChI=1S/C51H52B2N4O/c1-51(2,3)33-30-43-47-44(31-33)57(36-22-11-6-12-23-36)50-39(52(47)37-24-13-15-26-41(37)55(43)34-18-7-4-8-19-34)32-40-49(54-50)56(35-20-9-5-10-21-35)42-27-17-29-46-48(42)53(40)38-25-14-16-28-45(38)58-46/h4-5,7-10,14-16,18-20,25-26,28-29,31-32,35-36,43H,6,11-13,17,21-24,27,30H2,1-3H3. The van der Waals surface area contributed by atoms with E-state index in [1.54, 1.807) is 10.9 Å². The van der Waals surface area contributed by atoms with Crippen molar-refractivity contribution < 1.29 is 4.74 Å². The molecule has 58 heavy (non-hydrogen) atoms. The van der Waals surface area contributed by atoms with E-state index in [0.29, 0.717) is 6.04 Å². The molecule has 2 aromatic carbocycles. The van der Waals surface area contributed by atoms with Crippen LogP contribution in [0.5, 0.6) is 5.75 Å². The third kappa shape index (κ3) is 5.13. The van der Waals surface area contributed by atoms with Gasteiger partial charge in [0.05, 0.1) is 12.1 Å². The van der Waals surface area contributed by atoms with Gasteiger partial charge in [0.15, 0.2) is 0 Å². The first-order chi connectivity index (χ1) is 28.4. The summed E-state index contributed by atoms with van der Waals surface area (Å²) in [5.74, 6) is 4.40. The average molecular weight is 759 g/mol. The fourth-order valence-corrected chi connectivity index (χ4v) is 12.1. The minimum atomic E-state index is 0.0401. The lowest BCUT2D eigenvalue weighted by atomic mass is 9.28. The largest absolute Gasteiger partial charge is 0.459 e. The minimum absolute atomic E-state index is 0.0401. The van der Waals surface area contributed by atoms with Crippen LogP contribution in [0.15, 0.2) is 154 Å². The first-order valence-electron chi connectivity index (χ1n) is 22.3. The first kappa shape index (κ1) is 34.8. The van der Waals surface area contributed by atoms with Crippen molar-refractivity contribution >= 4 is 47.1 Å². The van der Waals surface area contributed by atoms with Gasteiger partial charge in [-0.25, -0.2) is 4.98 Å². The molecule has 0 bridgehead atoms. The summed E-state index contributed by atoms with van der Waals surface area (Å²) in [7, 11) is 0. The predicted molar refractivity (Wildman–Crippen MR) is 242 cm³/mol. The van der Waals surface area contributed by atoms with Crippen molar-refractivity contribution in [1.82, 2.24) is 4.98 Å². The lowest BCUT2D eigenvalue weighted by Gasteiger charge is -2.54. The van der Waals surface area contributed by atoms with Gasteiger partial charge in [-0.15, -0.1) is 0 Å². The van der Waals surface area contributed by atoms with Crippen LogP contribution >= 0.6 is 0 Å². The number of pyridine rings is 1. The van der Waals surface area contributed by atoms with E-state index in [-0.39, 0.29) is 30.9 Å². The summed E-state index contributed by atoms with van der Waals surface area (Å²) < 4.78 is 6.81. The minimum Gasteiger partial charge on any atom is -0.459 e. The number of ether oxygens (including phenoxy) is 1. The number of fused-ring (bicyclic) bond motifs is 7. The molecule has 0 N–H and O–H groups in total. The Kier molecular flexibility index (Phi) is 7.92. The van der Waals surface area contributed by atoms with Gasteiger partial charge in [0, 0.05) is 28.8 Å². The van der Waals surface area contributed by atoms with E-state index in [0.717, 1.165) is 55.9 Å². The number of para-hydroxylation sites is 2. The second-order valence-corrected chi connectivity index (χ2v) is 19.0. The topological polar surface area (TPSA) is 31.8 Å². The van der Waals surface area contributed by atoms with Gasteiger partial charge >= 0.3 is 0 Å². The molecule has 4 aliphatic heterocycles. The van der Waals surface area contributed by atoms with Crippen LogP contribution < -0.4 is 35.8 Å². The highest BCUT2D eigenvalue weighted by Crippen LogP contribution is 2.51. The molecule has 0 radical (unpaired) electrons. The van der Waals surface area contributed by atoms with E-state index in [9.17, 15) is 0 Å². The summed E-state index contributed by atoms with van der Waals surface area (Å²) in [5.41, 5.74) is 15.7. The van der Waals surface area contributed by atoms with Crippen molar-refractivity contribution in [1.29, 1.82) is 0 Å². The fourth-order valence-electron chi connectivity index (χ4n) is 12.1. The van der Waals surface area contributed by atoms with Gasteiger partial charge in [-0.3, -0.25) is 0 Å². The Morgan fingerprint density at radius 2 is 1.59 bits per heavy atom. The van der Waals surface area contributed by atoms with E-state index < -0.39 is 0 Å². The molecule has 1 fully saturated rings. The Hall–Kier alpha value is -5.16. The number of benzene rings is 2. The molecule has 1 saturated carbocycles. The van der Waals surface area contributed by atoms with Crippen molar-refractivity contribution in [3.05, 3.63) is 154 Å². The molecule has 9 aliphatic rings. The van der Waals surface area contributed by atoms with Crippen LogP contribution in [0.1, 0.15) is 91.4 Å². The second-order valence-electron chi connectivity index (χ2n) is 19.0. The van der Waals surface area contributed by atoms with Crippen LogP contribution in [-0.2, 0) is 0 Å². The SMILES string of the molecule is CC(C)(C)C1=CC2=C3B(C4=C(C=CCC4)N(c4ccccc4)C3C1)c1cc3c(nc1N2C1CCCCC1)N(C1C=CC=CC1)C1=C2B3c3ccccc3OC2=CCC1. The molecule has 1 aromatic heterocycles. The molecular weight excluding hydrogens is 706 g/mol. The Bertz CT molecular complexity index is 2510. The molecule has 0 saturated heterocycles. The van der Waals surface area contributed by atoms with Gasteiger partial charge < -0.3 is 19.4 Å². The van der Waals surface area contributed by atoms with Gasteiger partial charge in [0.2, 0.25) is 6.71 Å². The van der Waals surface area contributed by atoms with Crippen LogP contribution in [0.2, 0.25) is 0 Å². The average Bonchev–Trinajstić information content (AvgIpc) is 3.26. The fraction of sp³-hybridized carbons (Fsp3) is 0.353. The summed E-state index contributed by atoms with van der Waals surface area (Å²) in [6, 6.07) is 23.6. The highest BCUT2D eigenvalue weighted by atomic mass is 16.5. The van der Waals surface area contributed by atoms with E-state index in [1.807, 2.05) is 0 Å². The highest BCUT2D eigenvalue weighted by Gasteiger charge is 2.53. The number of allylic oxidation sites excluding steroid dienone is 9. The van der Waals surface area contributed by atoms with Crippen molar-refractivity contribution in [3.8, 4) is 5.75 Å². The molecule has 0 spiro atoms. The first-order valence-corrected chi connectivity index (χ1v) is 22.3. The molecule has 12 rings (SSSR count). The normalized spacial score (nSPS) is 24.4. The molecule has 0 amide bonds. The number of rotatable bonds is 3. The molecule has 5 heterocycles. The summed E-state index contributed by atoms with van der Waals surface area (Å²) in [4.78, 5) is 14.4. The smallest absolute Gasteiger partial charge is 0.257 e. The molecule has 7 heteroatoms. The Morgan fingerprint density at radius 3 is 2.41 bits per heavy atom. The van der Waals surface area contributed by atoms with Crippen molar-refractivity contribution in [3.63, 3.8) is 0 Å². The molecule has 2 unspecified atom stereocenters. The lowest BCUT2D eigenvalue weighted by Crippen LogP contribution is -2.62. The van der Waals surface area contributed by atoms with Gasteiger partial charge in [-0.2, -0.15) is 0 Å². The van der Waals surface area contributed by atoms with Crippen LogP contribution in [-0.4, -0.2) is 36.5 Å². The van der Waals surface area contributed by atoms with Crippen molar-refractivity contribution in [2.24, 2.45) is 5.41 Å². The zero-order chi connectivity index (χ0) is 38.7. The maximum Gasteiger partial charge on any atom is 0.257 e. The van der Waals surface area contributed by atoms with Crippen molar-refractivity contribution in [2.75, 3.05) is 14.7 Å². The van der Waals surface area contributed by atoms with Gasteiger partial charge in [-0.05, 0) is 121 Å².